The lowest BCUT2D eigenvalue weighted by Gasteiger charge is -2.37. The van der Waals surface area contributed by atoms with Crippen LogP contribution in [0.5, 0.6) is 0 Å². The molecule has 0 radical (unpaired) electrons. The first-order valence-electron chi connectivity index (χ1n) is 15.6. The number of nitrogens with zero attached hydrogens (tertiary/aromatic N) is 2. The molecule has 6 amide bonds. The van der Waals surface area contributed by atoms with E-state index in [1.807, 2.05) is 0 Å². The van der Waals surface area contributed by atoms with E-state index >= 15 is 0 Å². The van der Waals surface area contributed by atoms with Crippen molar-refractivity contribution in [3.05, 3.63) is 0 Å². The van der Waals surface area contributed by atoms with Crippen LogP contribution in [0.25, 0.3) is 0 Å². The Bertz CT molecular complexity index is 835. The Morgan fingerprint density at radius 1 is 0.400 bits per heavy atom. The molecular weight excluding hydrogens is 512 g/mol. The normalized spacial score (nSPS) is 26.9. The van der Waals surface area contributed by atoms with Crippen molar-refractivity contribution in [3.8, 4) is 0 Å². The van der Waals surface area contributed by atoms with E-state index in [9.17, 15) is 28.8 Å². The summed E-state index contributed by atoms with van der Waals surface area (Å²) in [5.74, 6) is -1.14. The molecule has 6 heterocycles. The summed E-state index contributed by atoms with van der Waals surface area (Å²) in [5, 5.41) is 5.52. The Morgan fingerprint density at radius 2 is 0.675 bits per heavy atom. The summed E-state index contributed by atoms with van der Waals surface area (Å²) in [4.78, 5) is 76.2. The Labute approximate surface area is 238 Å². The van der Waals surface area contributed by atoms with Crippen molar-refractivity contribution in [3.63, 3.8) is 0 Å². The number of carbonyl (C=O) groups excluding carboxylic acids is 6. The van der Waals surface area contributed by atoms with Crippen LogP contribution in [0.3, 0.4) is 0 Å². The maximum Gasteiger partial charge on any atom is 0.253 e. The third-order valence-electron chi connectivity index (χ3n) is 8.22. The van der Waals surface area contributed by atoms with Crippen LogP contribution < -0.4 is 10.6 Å². The highest BCUT2D eigenvalue weighted by molar-refractivity contribution is 6.05. The van der Waals surface area contributed by atoms with Gasteiger partial charge in [0.05, 0.1) is 13.1 Å². The van der Waals surface area contributed by atoms with E-state index in [0.29, 0.717) is 25.7 Å². The van der Waals surface area contributed by atoms with E-state index in [2.05, 4.69) is 10.6 Å². The van der Waals surface area contributed by atoms with Gasteiger partial charge >= 0.3 is 0 Å². The summed E-state index contributed by atoms with van der Waals surface area (Å²) in [6.07, 6.45) is 16.7. The topological polar surface area (TPSA) is 133 Å². The third kappa shape index (κ3) is 10.3. The minimum Gasteiger partial charge on any atom is -0.343 e. The molecule has 10 nitrogen and oxygen atoms in total. The maximum atomic E-state index is 12.3. The molecule has 6 fully saturated rings. The van der Waals surface area contributed by atoms with Crippen LogP contribution in [0.15, 0.2) is 0 Å². The summed E-state index contributed by atoms with van der Waals surface area (Å²) < 4.78 is 0. The molecule has 0 aliphatic carbocycles. The molecule has 10 heteroatoms. The number of hydrogen-bond acceptors (Lipinski definition) is 6. The first kappa shape index (κ1) is 31.7. The average molecular weight is 561 g/mol. The number of nitrogens with one attached hydrogen (secondary N) is 2. The van der Waals surface area contributed by atoms with Gasteiger partial charge in [-0.05, 0) is 25.7 Å². The van der Waals surface area contributed by atoms with E-state index in [1.165, 1.54) is 9.80 Å². The first-order chi connectivity index (χ1) is 19.4. The van der Waals surface area contributed by atoms with Crippen molar-refractivity contribution in [2.45, 2.75) is 141 Å². The highest BCUT2D eigenvalue weighted by Crippen LogP contribution is 2.18. The molecule has 0 aromatic rings. The SMILES string of the molecule is O=C1CCCCCCCCCCC(=O)N[C@H]2CN(C(=O)CCCCCCCCCCC(=O)N3C[C@H](N1)C3=O)C2=O. The predicted molar refractivity (Wildman–Crippen MR) is 150 cm³/mol. The van der Waals surface area contributed by atoms with Gasteiger partial charge in [-0.3, -0.25) is 38.6 Å². The van der Waals surface area contributed by atoms with E-state index in [-0.39, 0.29) is 48.5 Å². The molecule has 2 atom stereocenters. The summed E-state index contributed by atoms with van der Waals surface area (Å²) in [7, 11) is 0. The highest BCUT2D eigenvalue weighted by atomic mass is 16.2. The van der Waals surface area contributed by atoms with Crippen molar-refractivity contribution in [1.82, 2.24) is 20.4 Å². The van der Waals surface area contributed by atoms with Gasteiger partial charge in [0.15, 0.2) is 0 Å². The second-order valence-electron chi connectivity index (χ2n) is 11.6. The maximum absolute atomic E-state index is 12.3. The first-order valence-corrected chi connectivity index (χ1v) is 15.6. The zero-order valence-corrected chi connectivity index (χ0v) is 24.1. The van der Waals surface area contributed by atoms with E-state index < -0.39 is 12.1 Å². The minimum atomic E-state index is -0.564. The van der Waals surface area contributed by atoms with E-state index in [1.54, 1.807) is 0 Å². The molecule has 0 aromatic carbocycles. The Hall–Kier alpha value is -2.78. The molecule has 0 aromatic heterocycles. The molecule has 4 bridgehead atoms. The van der Waals surface area contributed by atoms with Gasteiger partial charge < -0.3 is 10.6 Å². The lowest BCUT2D eigenvalue weighted by molar-refractivity contribution is -0.158. The quantitative estimate of drug-likeness (QED) is 0.344. The van der Waals surface area contributed by atoms with E-state index in [0.717, 1.165) is 103 Å². The van der Waals surface area contributed by atoms with Crippen molar-refractivity contribution in [2.75, 3.05) is 13.1 Å². The molecule has 0 saturated carbocycles. The van der Waals surface area contributed by atoms with Gasteiger partial charge in [0.2, 0.25) is 23.6 Å². The Kier molecular flexibility index (Phi) is 13.6. The second kappa shape index (κ2) is 17.1. The van der Waals surface area contributed by atoms with Crippen LogP contribution in [0.2, 0.25) is 0 Å². The molecule has 0 unspecified atom stereocenters. The summed E-state index contributed by atoms with van der Waals surface area (Å²) in [5.41, 5.74) is 0. The molecular formula is C30H48N4O6. The van der Waals surface area contributed by atoms with Crippen LogP contribution in [0.4, 0.5) is 0 Å². The smallest absolute Gasteiger partial charge is 0.253 e. The molecule has 40 heavy (non-hydrogen) atoms. The number of β-lactam (4-membered cyclic amide) rings is 2. The van der Waals surface area contributed by atoms with Crippen LogP contribution in [-0.4, -0.2) is 70.4 Å². The van der Waals surface area contributed by atoms with Gasteiger partial charge in [-0.1, -0.05) is 77.0 Å². The summed E-state index contributed by atoms with van der Waals surface area (Å²) in [6.45, 7) is 0.556. The van der Waals surface area contributed by atoms with Crippen molar-refractivity contribution >= 4 is 35.4 Å². The number of imide groups is 2. The van der Waals surface area contributed by atoms with Gasteiger partial charge in [-0.15, -0.1) is 0 Å². The van der Waals surface area contributed by atoms with Crippen molar-refractivity contribution < 1.29 is 28.8 Å². The Morgan fingerprint density at radius 3 is 0.975 bits per heavy atom. The molecule has 6 saturated heterocycles. The van der Waals surface area contributed by atoms with Crippen molar-refractivity contribution in [1.29, 1.82) is 0 Å². The highest BCUT2D eigenvalue weighted by Gasteiger charge is 2.41. The largest absolute Gasteiger partial charge is 0.343 e. The molecule has 6 rings (SSSR count). The molecule has 6 aliphatic heterocycles. The lowest BCUT2D eigenvalue weighted by Crippen LogP contribution is -2.65. The zero-order chi connectivity index (χ0) is 28.7. The molecule has 0 spiro atoms. The third-order valence-corrected chi connectivity index (χ3v) is 8.22. The lowest BCUT2D eigenvalue weighted by atomic mass is 10.0. The molecule has 2 N–H and O–H groups in total. The van der Waals surface area contributed by atoms with Crippen LogP contribution in [-0.2, 0) is 28.8 Å². The summed E-state index contributed by atoms with van der Waals surface area (Å²) >= 11 is 0. The van der Waals surface area contributed by atoms with Gasteiger partial charge in [0, 0.05) is 25.7 Å². The van der Waals surface area contributed by atoms with Gasteiger partial charge in [-0.2, -0.15) is 0 Å². The minimum absolute atomic E-state index is 0.127. The number of hydrogen-bond donors (Lipinski definition) is 2. The van der Waals surface area contributed by atoms with Gasteiger partial charge in [-0.25, -0.2) is 0 Å². The summed E-state index contributed by atoms with van der Waals surface area (Å²) in [6, 6.07) is -1.13. The Balaban J connectivity index is 1.36. The van der Waals surface area contributed by atoms with Gasteiger partial charge in [0.1, 0.15) is 12.1 Å². The van der Waals surface area contributed by atoms with Crippen molar-refractivity contribution in [2.24, 2.45) is 0 Å². The number of carbonyl (C=O) groups is 6. The second-order valence-corrected chi connectivity index (χ2v) is 11.6. The van der Waals surface area contributed by atoms with E-state index in [4.69, 9.17) is 0 Å². The predicted octanol–water partition coefficient (Wildman–Crippen LogP) is 3.51. The number of rotatable bonds is 0. The monoisotopic (exact) mass is 560 g/mol. The fraction of sp³-hybridized carbons (Fsp3) is 0.800. The fourth-order valence-corrected chi connectivity index (χ4v) is 5.56. The molecule has 6 aliphatic rings. The van der Waals surface area contributed by atoms with Crippen LogP contribution in [0, 0.1) is 0 Å². The van der Waals surface area contributed by atoms with Crippen LogP contribution in [0.1, 0.15) is 128 Å². The average Bonchev–Trinajstić information content (AvgIpc) is 2.93. The zero-order valence-electron chi connectivity index (χ0n) is 24.1. The molecule has 224 valence electrons. The fourth-order valence-electron chi connectivity index (χ4n) is 5.56. The number of amides is 6. The van der Waals surface area contributed by atoms with Crippen LogP contribution >= 0.6 is 0 Å². The standard InChI is InChI=1S/C30H48N4O6/c35-25-17-13-9-5-1-2-6-10-14-18-26(36)32-24-22-34(30(24)40)28(38)20-16-12-8-4-3-7-11-15-19-27(37)33-21-23(31-25)29(33)39/h23-24H,1-22H2,(H,31,35)(H,32,36)/t23-,24-/m0/s1. The van der Waals surface area contributed by atoms with Gasteiger partial charge in [0.25, 0.3) is 11.8 Å².